The molecule has 1 aromatic rings. The van der Waals surface area contributed by atoms with Gasteiger partial charge < -0.3 is 14.7 Å². The number of likely N-dealkylation sites (tertiary alicyclic amines) is 1. The van der Waals surface area contributed by atoms with Gasteiger partial charge in [0.1, 0.15) is 0 Å². The summed E-state index contributed by atoms with van der Waals surface area (Å²) in [6.45, 7) is 3.70. The van der Waals surface area contributed by atoms with Crippen LogP contribution in [0.3, 0.4) is 0 Å². The molecule has 2 aliphatic rings. The van der Waals surface area contributed by atoms with Gasteiger partial charge in [0.25, 0.3) is 0 Å². The summed E-state index contributed by atoms with van der Waals surface area (Å²) in [6.07, 6.45) is 5.30. The topological polar surface area (TPSA) is 58.4 Å². The highest BCUT2D eigenvalue weighted by molar-refractivity contribution is 5.82. The molecule has 2 unspecified atom stereocenters. The number of amides is 1. The van der Waals surface area contributed by atoms with Crippen molar-refractivity contribution in [2.45, 2.75) is 51.1 Å². The summed E-state index contributed by atoms with van der Waals surface area (Å²) in [5, 5.41) is 7.27. The number of nitrogens with one attached hydrogen (secondary N) is 1. The van der Waals surface area contributed by atoms with Gasteiger partial charge >= 0.3 is 0 Å². The zero-order valence-corrected chi connectivity index (χ0v) is 11.4. The van der Waals surface area contributed by atoms with E-state index in [1.807, 2.05) is 17.9 Å². The molecule has 2 atom stereocenters. The van der Waals surface area contributed by atoms with Crippen LogP contribution in [0.4, 0.5) is 0 Å². The molecule has 104 valence electrons. The van der Waals surface area contributed by atoms with Gasteiger partial charge in [0.2, 0.25) is 5.91 Å². The molecule has 1 aromatic heterocycles. The van der Waals surface area contributed by atoms with Crippen LogP contribution in [-0.4, -0.2) is 35.1 Å². The fourth-order valence-corrected chi connectivity index (χ4v) is 3.13. The zero-order valence-electron chi connectivity index (χ0n) is 11.4. The second kappa shape index (κ2) is 5.33. The summed E-state index contributed by atoms with van der Waals surface area (Å²) < 4.78 is 5.35. The largest absolute Gasteiger partial charge is 0.359 e. The maximum absolute atomic E-state index is 12.6. The van der Waals surface area contributed by atoms with Crippen molar-refractivity contribution in [3.8, 4) is 0 Å². The highest BCUT2D eigenvalue weighted by Gasteiger charge is 2.36. The number of piperidine rings is 1. The van der Waals surface area contributed by atoms with Gasteiger partial charge in [-0.25, -0.2) is 0 Å². The molecule has 19 heavy (non-hydrogen) atoms. The lowest BCUT2D eigenvalue weighted by atomic mass is 10.0. The maximum atomic E-state index is 12.6. The molecule has 0 bridgehead atoms. The van der Waals surface area contributed by atoms with Crippen LogP contribution in [0.1, 0.15) is 49.6 Å². The fourth-order valence-electron chi connectivity index (χ4n) is 3.13. The van der Waals surface area contributed by atoms with E-state index in [-0.39, 0.29) is 18.0 Å². The second-order valence-electron chi connectivity index (χ2n) is 5.56. The van der Waals surface area contributed by atoms with Crippen molar-refractivity contribution >= 4 is 5.91 Å². The number of aromatic nitrogens is 1. The smallest absolute Gasteiger partial charge is 0.240 e. The highest BCUT2D eigenvalue weighted by Crippen LogP contribution is 2.33. The van der Waals surface area contributed by atoms with Crippen LogP contribution in [0.25, 0.3) is 0 Å². The van der Waals surface area contributed by atoms with E-state index in [1.54, 1.807) is 0 Å². The van der Waals surface area contributed by atoms with Crippen molar-refractivity contribution in [3.63, 3.8) is 0 Å². The molecule has 0 radical (unpaired) electrons. The first-order valence-electron chi connectivity index (χ1n) is 7.23. The van der Waals surface area contributed by atoms with Crippen LogP contribution in [0, 0.1) is 6.92 Å². The van der Waals surface area contributed by atoms with Gasteiger partial charge in [0, 0.05) is 12.6 Å². The average Bonchev–Trinajstić information content (AvgIpc) is 3.07. The number of hydrogen-bond acceptors (Lipinski definition) is 4. The van der Waals surface area contributed by atoms with Crippen LogP contribution < -0.4 is 5.32 Å². The third kappa shape index (κ3) is 2.52. The Morgan fingerprint density at radius 1 is 1.42 bits per heavy atom. The Morgan fingerprint density at radius 3 is 3.00 bits per heavy atom. The summed E-state index contributed by atoms with van der Waals surface area (Å²) in [5.41, 5.74) is 0.880. The number of nitrogens with zero attached hydrogens (tertiary/aromatic N) is 2. The van der Waals surface area contributed by atoms with Crippen molar-refractivity contribution < 1.29 is 9.32 Å². The molecule has 0 spiro atoms. The monoisotopic (exact) mass is 263 g/mol. The first-order chi connectivity index (χ1) is 9.25. The van der Waals surface area contributed by atoms with Gasteiger partial charge in [0.05, 0.1) is 17.8 Å². The van der Waals surface area contributed by atoms with Crippen molar-refractivity contribution in [1.29, 1.82) is 0 Å². The standard InChI is InChI=1S/C14H21N3O2/c1-10-9-13(19-16-10)12-6-4-8-17(12)14(18)11-5-2-3-7-15-11/h9,11-12,15H,2-8H2,1H3. The molecule has 3 heterocycles. The van der Waals surface area contributed by atoms with Crippen molar-refractivity contribution in [2.75, 3.05) is 13.1 Å². The van der Waals surface area contributed by atoms with E-state index < -0.39 is 0 Å². The first-order valence-corrected chi connectivity index (χ1v) is 7.23. The maximum Gasteiger partial charge on any atom is 0.240 e. The van der Waals surface area contributed by atoms with E-state index in [9.17, 15) is 4.79 Å². The van der Waals surface area contributed by atoms with Gasteiger partial charge in [-0.15, -0.1) is 0 Å². The molecule has 1 N–H and O–H groups in total. The summed E-state index contributed by atoms with van der Waals surface area (Å²) in [5.74, 6) is 1.07. The lowest BCUT2D eigenvalue weighted by Crippen LogP contribution is -2.48. The number of rotatable bonds is 2. The van der Waals surface area contributed by atoms with E-state index in [0.29, 0.717) is 0 Å². The van der Waals surface area contributed by atoms with Gasteiger partial charge in [-0.1, -0.05) is 11.6 Å². The normalized spacial score (nSPS) is 27.7. The molecule has 2 saturated heterocycles. The van der Waals surface area contributed by atoms with Crippen LogP contribution in [0.15, 0.2) is 10.6 Å². The molecular formula is C14H21N3O2. The molecule has 0 aromatic carbocycles. The van der Waals surface area contributed by atoms with Crippen LogP contribution in [0.5, 0.6) is 0 Å². The van der Waals surface area contributed by atoms with Gasteiger partial charge in [0.15, 0.2) is 5.76 Å². The molecule has 2 aliphatic heterocycles. The van der Waals surface area contributed by atoms with Crippen LogP contribution >= 0.6 is 0 Å². The molecule has 2 fully saturated rings. The minimum atomic E-state index is -0.00151. The van der Waals surface area contributed by atoms with Gasteiger partial charge in [-0.3, -0.25) is 4.79 Å². The Labute approximate surface area is 113 Å². The average molecular weight is 263 g/mol. The third-order valence-corrected chi connectivity index (χ3v) is 4.12. The minimum absolute atomic E-state index is 0.00151. The first kappa shape index (κ1) is 12.7. The van der Waals surface area contributed by atoms with Crippen LogP contribution in [0.2, 0.25) is 0 Å². The Hall–Kier alpha value is -1.36. The minimum Gasteiger partial charge on any atom is -0.359 e. The van der Waals surface area contributed by atoms with E-state index in [2.05, 4.69) is 10.5 Å². The molecular weight excluding hydrogens is 242 g/mol. The summed E-state index contributed by atoms with van der Waals surface area (Å²) in [7, 11) is 0. The third-order valence-electron chi connectivity index (χ3n) is 4.12. The Morgan fingerprint density at radius 2 is 2.32 bits per heavy atom. The van der Waals surface area contributed by atoms with Crippen molar-refractivity contribution in [1.82, 2.24) is 15.4 Å². The van der Waals surface area contributed by atoms with Gasteiger partial charge in [-0.05, 0) is 39.2 Å². The molecule has 0 aliphatic carbocycles. The lowest BCUT2D eigenvalue weighted by Gasteiger charge is -2.30. The van der Waals surface area contributed by atoms with E-state index in [0.717, 1.165) is 50.2 Å². The Bertz CT molecular complexity index is 451. The second-order valence-corrected chi connectivity index (χ2v) is 5.56. The lowest BCUT2D eigenvalue weighted by molar-refractivity contribution is -0.135. The van der Waals surface area contributed by atoms with Crippen molar-refractivity contribution in [3.05, 3.63) is 17.5 Å². The Kier molecular flexibility index (Phi) is 3.55. The van der Waals surface area contributed by atoms with Crippen molar-refractivity contribution in [2.24, 2.45) is 0 Å². The summed E-state index contributed by atoms with van der Waals surface area (Å²) >= 11 is 0. The fraction of sp³-hybridized carbons (Fsp3) is 0.714. The summed E-state index contributed by atoms with van der Waals surface area (Å²) in [6, 6.07) is 2.03. The Balaban J connectivity index is 1.73. The number of carbonyl (C=O) groups is 1. The SMILES string of the molecule is Cc1cc(C2CCCN2C(=O)C2CCCCN2)on1. The van der Waals surface area contributed by atoms with E-state index >= 15 is 0 Å². The molecule has 1 amide bonds. The van der Waals surface area contributed by atoms with Gasteiger partial charge in [-0.2, -0.15) is 0 Å². The summed E-state index contributed by atoms with van der Waals surface area (Å²) in [4.78, 5) is 14.6. The molecule has 3 rings (SSSR count). The number of aryl methyl sites for hydroxylation is 1. The van der Waals surface area contributed by atoms with E-state index in [1.165, 1.54) is 6.42 Å². The zero-order chi connectivity index (χ0) is 13.2. The predicted molar refractivity (Wildman–Crippen MR) is 70.6 cm³/mol. The predicted octanol–water partition coefficient (Wildman–Crippen LogP) is 1.79. The van der Waals surface area contributed by atoms with Crippen LogP contribution in [-0.2, 0) is 4.79 Å². The quantitative estimate of drug-likeness (QED) is 0.883. The number of hydrogen-bond donors (Lipinski definition) is 1. The number of carbonyl (C=O) groups excluding carboxylic acids is 1. The molecule has 5 nitrogen and oxygen atoms in total. The molecule has 5 heteroatoms. The highest BCUT2D eigenvalue weighted by atomic mass is 16.5. The molecule has 0 saturated carbocycles. The van der Waals surface area contributed by atoms with E-state index in [4.69, 9.17) is 4.52 Å².